The van der Waals surface area contributed by atoms with Crippen LogP contribution in [0.3, 0.4) is 0 Å². The number of carbonyl (C=O) groups is 1. The van der Waals surface area contributed by atoms with Crippen molar-refractivity contribution in [3.8, 4) is 0 Å². The average Bonchev–Trinajstić information content (AvgIpc) is 2.10. The lowest BCUT2D eigenvalue weighted by atomic mass is 10.1. The minimum absolute atomic E-state index is 0.0112. The summed E-state index contributed by atoms with van der Waals surface area (Å²) in [6.45, 7) is 8.38. The molecule has 3 N–H and O–H groups in total. The zero-order valence-electron chi connectivity index (χ0n) is 9.58. The lowest BCUT2D eigenvalue weighted by molar-refractivity contribution is -0.137. The van der Waals surface area contributed by atoms with Crippen LogP contribution in [0.15, 0.2) is 0 Å². The molecule has 0 bridgehead atoms. The van der Waals surface area contributed by atoms with Gasteiger partial charge in [-0.3, -0.25) is 4.79 Å². The lowest BCUT2D eigenvalue weighted by Crippen LogP contribution is -2.45. The van der Waals surface area contributed by atoms with Gasteiger partial charge in [0.15, 0.2) is 0 Å². The molecule has 0 radical (unpaired) electrons. The van der Waals surface area contributed by atoms with E-state index in [4.69, 9.17) is 5.73 Å². The van der Waals surface area contributed by atoms with Crippen molar-refractivity contribution in [3.63, 3.8) is 0 Å². The van der Waals surface area contributed by atoms with E-state index in [9.17, 15) is 9.90 Å². The van der Waals surface area contributed by atoms with Crippen molar-refractivity contribution >= 4 is 5.91 Å². The smallest absolute Gasteiger partial charge is 0.226 e. The molecule has 0 aliphatic rings. The minimum atomic E-state index is -0.847. The van der Waals surface area contributed by atoms with E-state index in [0.29, 0.717) is 19.6 Å². The van der Waals surface area contributed by atoms with Crippen LogP contribution in [0.1, 0.15) is 27.7 Å². The number of aliphatic hydroxyl groups is 1. The molecule has 0 aromatic heterocycles. The first kappa shape index (κ1) is 13.4. The van der Waals surface area contributed by atoms with Gasteiger partial charge in [-0.15, -0.1) is 0 Å². The van der Waals surface area contributed by atoms with E-state index in [-0.39, 0.29) is 11.8 Å². The highest BCUT2D eigenvalue weighted by molar-refractivity contribution is 5.78. The number of hydrogen-bond donors (Lipinski definition) is 2. The zero-order chi connectivity index (χ0) is 11.4. The monoisotopic (exact) mass is 202 g/mol. The van der Waals surface area contributed by atoms with Crippen molar-refractivity contribution < 1.29 is 9.90 Å². The third-order valence-corrected chi connectivity index (χ3v) is 2.05. The van der Waals surface area contributed by atoms with Gasteiger partial charge in [-0.1, -0.05) is 6.92 Å². The highest BCUT2D eigenvalue weighted by atomic mass is 16.3. The second-order valence-corrected chi connectivity index (χ2v) is 4.30. The predicted molar refractivity (Wildman–Crippen MR) is 56.8 cm³/mol. The van der Waals surface area contributed by atoms with E-state index in [2.05, 4.69) is 0 Å². The van der Waals surface area contributed by atoms with E-state index in [1.807, 2.05) is 6.92 Å². The van der Waals surface area contributed by atoms with Gasteiger partial charge in [0.1, 0.15) is 0 Å². The zero-order valence-corrected chi connectivity index (χ0v) is 9.58. The first-order valence-corrected chi connectivity index (χ1v) is 5.03. The Bertz CT molecular complexity index is 187. The predicted octanol–water partition coefficient (Wildman–Crippen LogP) is 0.201. The molecule has 0 saturated carbocycles. The Hall–Kier alpha value is -0.610. The van der Waals surface area contributed by atoms with Crippen molar-refractivity contribution in [2.45, 2.75) is 33.3 Å². The molecule has 1 unspecified atom stereocenters. The summed E-state index contributed by atoms with van der Waals surface area (Å²) in [6.07, 6.45) is 0. The number of rotatable bonds is 5. The van der Waals surface area contributed by atoms with Crippen LogP contribution in [-0.2, 0) is 4.79 Å². The van der Waals surface area contributed by atoms with Crippen LogP contribution in [0.2, 0.25) is 0 Å². The van der Waals surface area contributed by atoms with Crippen molar-refractivity contribution in [1.82, 2.24) is 4.90 Å². The molecule has 0 aliphatic heterocycles. The maximum absolute atomic E-state index is 11.7. The number of nitrogens with two attached hydrogens (primary N) is 1. The molecule has 1 amide bonds. The molecule has 0 aliphatic carbocycles. The van der Waals surface area contributed by atoms with E-state index < -0.39 is 5.60 Å². The summed E-state index contributed by atoms with van der Waals surface area (Å²) in [5, 5.41) is 9.60. The summed E-state index contributed by atoms with van der Waals surface area (Å²) in [6, 6.07) is 0. The summed E-state index contributed by atoms with van der Waals surface area (Å²) < 4.78 is 0. The van der Waals surface area contributed by atoms with Crippen LogP contribution in [0.25, 0.3) is 0 Å². The molecule has 0 spiro atoms. The molecule has 0 heterocycles. The van der Waals surface area contributed by atoms with E-state index in [0.717, 1.165) is 0 Å². The first-order chi connectivity index (χ1) is 6.31. The fourth-order valence-corrected chi connectivity index (χ4v) is 1.23. The topological polar surface area (TPSA) is 66.6 Å². The molecular weight excluding hydrogens is 180 g/mol. The molecule has 0 saturated heterocycles. The molecule has 1 atom stereocenters. The second kappa shape index (κ2) is 5.32. The van der Waals surface area contributed by atoms with Gasteiger partial charge in [0, 0.05) is 25.6 Å². The number of carbonyl (C=O) groups excluding carboxylic acids is 1. The number of likely N-dealkylation sites (N-methyl/N-ethyl adjacent to an activating group) is 1. The number of amides is 1. The molecule has 0 fully saturated rings. The molecule has 4 nitrogen and oxygen atoms in total. The van der Waals surface area contributed by atoms with Gasteiger partial charge in [-0.05, 0) is 20.8 Å². The Kier molecular flexibility index (Phi) is 5.08. The molecule has 0 aromatic rings. The van der Waals surface area contributed by atoms with Crippen molar-refractivity contribution in [3.05, 3.63) is 0 Å². The first-order valence-electron chi connectivity index (χ1n) is 5.03. The van der Waals surface area contributed by atoms with Crippen molar-refractivity contribution in [2.24, 2.45) is 11.7 Å². The van der Waals surface area contributed by atoms with Gasteiger partial charge in [-0.25, -0.2) is 0 Å². The summed E-state index contributed by atoms with van der Waals surface area (Å²) in [7, 11) is 0. The molecule has 0 aromatic carbocycles. The van der Waals surface area contributed by atoms with E-state index >= 15 is 0 Å². The summed E-state index contributed by atoms with van der Waals surface area (Å²) >= 11 is 0. The fraction of sp³-hybridized carbons (Fsp3) is 0.900. The Balaban J connectivity index is 4.34. The average molecular weight is 202 g/mol. The number of nitrogens with zero attached hydrogens (tertiary/aromatic N) is 1. The van der Waals surface area contributed by atoms with Gasteiger partial charge >= 0.3 is 0 Å². The summed E-state index contributed by atoms with van der Waals surface area (Å²) in [5.41, 5.74) is 4.57. The molecule has 4 heteroatoms. The Morgan fingerprint density at radius 1 is 1.57 bits per heavy atom. The molecule has 0 rings (SSSR count). The Morgan fingerprint density at radius 2 is 2.07 bits per heavy atom. The largest absolute Gasteiger partial charge is 0.389 e. The normalized spacial score (nSPS) is 13.9. The van der Waals surface area contributed by atoms with Crippen LogP contribution in [0.4, 0.5) is 0 Å². The fourth-order valence-electron chi connectivity index (χ4n) is 1.23. The Labute approximate surface area is 86.1 Å². The maximum atomic E-state index is 11.7. The van der Waals surface area contributed by atoms with Gasteiger partial charge < -0.3 is 15.7 Å². The van der Waals surface area contributed by atoms with Crippen LogP contribution in [0.5, 0.6) is 0 Å². The van der Waals surface area contributed by atoms with Crippen LogP contribution in [0, 0.1) is 5.92 Å². The highest BCUT2D eigenvalue weighted by Crippen LogP contribution is 2.08. The summed E-state index contributed by atoms with van der Waals surface area (Å²) in [4.78, 5) is 13.4. The van der Waals surface area contributed by atoms with Crippen LogP contribution in [-0.4, -0.2) is 41.1 Å². The molecule has 14 heavy (non-hydrogen) atoms. The van der Waals surface area contributed by atoms with E-state index in [1.54, 1.807) is 25.7 Å². The van der Waals surface area contributed by atoms with Gasteiger partial charge in [0.25, 0.3) is 0 Å². The summed E-state index contributed by atoms with van der Waals surface area (Å²) in [5.74, 6) is -0.158. The van der Waals surface area contributed by atoms with Crippen LogP contribution >= 0.6 is 0 Å². The van der Waals surface area contributed by atoms with Crippen molar-refractivity contribution in [2.75, 3.05) is 19.6 Å². The molecular formula is C10H22N2O2. The van der Waals surface area contributed by atoms with Gasteiger partial charge in [0.05, 0.1) is 5.60 Å². The maximum Gasteiger partial charge on any atom is 0.226 e. The van der Waals surface area contributed by atoms with E-state index in [1.165, 1.54) is 0 Å². The third-order valence-electron chi connectivity index (χ3n) is 2.05. The highest BCUT2D eigenvalue weighted by Gasteiger charge is 2.23. The molecule has 84 valence electrons. The second-order valence-electron chi connectivity index (χ2n) is 4.30. The van der Waals surface area contributed by atoms with Gasteiger partial charge in [-0.2, -0.15) is 0 Å². The number of hydrogen-bond acceptors (Lipinski definition) is 3. The van der Waals surface area contributed by atoms with Crippen molar-refractivity contribution in [1.29, 1.82) is 0 Å². The third kappa shape index (κ3) is 4.58. The standard InChI is InChI=1S/C10H22N2O2/c1-5-12(7-10(3,4)14)9(13)8(2)6-11/h8,14H,5-7,11H2,1-4H3. The SMILES string of the molecule is CCN(CC(C)(C)O)C(=O)C(C)CN. The van der Waals surface area contributed by atoms with Crippen LogP contribution < -0.4 is 5.73 Å². The quantitative estimate of drug-likeness (QED) is 0.669. The van der Waals surface area contributed by atoms with Gasteiger partial charge in [0.2, 0.25) is 5.91 Å². The minimum Gasteiger partial charge on any atom is -0.389 e. The Morgan fingerprint density at radius 3 is 2.36 bits per heavy atom. The lowest BCUT2D eigenvalue weighted by Gasteiger charge is -2.29.